The average Bonchev–Trinajstić information content (AvgIpc) is 3.65. The number of carbonyl (C=O) groups excluding carboxylic acids is 3. The molecular weight excluding hydrogens is 585 g/mol. The smallest absolute Gasteiger partial charge is 0.550 e. The number of amides is 3. The first kappa shape index (κ1) is 39.8. The fraction of sp³-hybridized carbons (Fsp3) is 0.500. The Kier molecular flexibility index (Phi) is 22.1. The summed E-state index contributed by atoms with van der Waals surface area (Å²) in [6.07, 6.45) is 7.50. The van der Waals surface area contributed by atoms with Crippen LogP contribution in [-0.4, -0.2) is 48.4 Å². The second-order valence-electron chi connectivity index (χ2n) is 8.76. The zero-order chi connectivity index (χ0) is 30.6. The summed E-state index contributed by atoms with van der Waals surface area (Å²) in [4.78, 5) is 39.5. The molecule has 1 aromatic heterocycles. The number of urea groups is 1. The number of unbranched alkanes of at least 4 members (excludes halogenated alkanes) is 1. The van der Waals surface area contributed by atoms with Gasteiger partial charge in [-0.3, -0.25) is 4.79 Å². The Labute approximate surface area is 281 Å². The molecule has 0 saturated heterocycles. The van der Waals surface area contributed by atoms with E-state index in [1.807, 2.05) is 60.7 Å². The number of thioether (sulfide) groups is 1. The molecule has 3 amide bonds. The van der Waals surface area contributed by atoms with Gasteiger partial charge < -0.3 is 34.9 Å². The molecule has 2 heterocycles. The van der Waals surface area contributed by atoms with Crippen LogP contribution in [0.4, 0.5) is 4.79 Å². The third-order valence-electron chi connectivity index (χ3n) is 5.62. The topological polar surface area (TPSA) is 120 Å². The number of fused-ring (bicyclic) bond motifs is 1. The maximum atomic E-state index is 13.7. The molecule has 0 spiro atoms. The summed E-state index contributed by atoms with van der Waals surface area (Å²) < 4.78 is 10.7. The van der Waals surface area contributed by atoms with Crippen LogP contribution >= 0.6 is 23.1 Å². The largest absolute Gasteiger partial charge is 1.00 e. The van der Waals surface area contributed by atoms with Gasteiger partial charge in [0, 0.05) is 17.4 Å². The Bertz CT molecular complexity index is 1090. The second kappa shape index (κ2) is 23.3. The zero-order valence-corrected chi connectivity index (χ0v) is 29.6. The number of carboxylic acid groups (broad SMARTS) is 1. The molecule has 1 aliphatic heterocycles. The number of allylic oxidation sites excluding steroid dienone is 1. The minimum Gasteiger partial charge on any atom is -0.550 e. The van der Waals surface area contributed by atoms with Crippen LogP contribution in [0.25, 0.3) is 0 Å². The van der Waals surface area contributed by atoms with Gasteiger partial charge in [-0.05, 0) is 60.1 Å². The predicted octanol–water partition coefficient (Wildman–Crippen LogP) is 2.31. The molecule has 1 atom stereocenters. The molecule has 2 N–H and O–H groups in total. The van der Waals surface area contributed by atoms with Gasteiger partial charge in [-0.15, -0.1) is 23.1 Å². The maximum Gasteiger partial charge on any atom is 1.00 e. The van der Waals surface area contributed by atoms with E-state index >= 15 is 0 Å². The van der Waals surface area contributed by atoms with Crippen LogP contribution < -0.4 is 54.8 Å². The molecule has 0 aliphatic carbocycles. The zero-order valence-electron chi connectivity index (χ0n) is 26.0. The Hall–Kier alpha value is -2.18. The van der Waals surface area contributed by atoms with E-state index in [1.54, 1.807) is 23.1 Å². The standard InChI is InChI=1S/C26H35N3O4S2.C2H4O2.C2H6.Na/c1-4-6-10-22(28-26(31)27-15-19-11-12-23-24(14-19)33-18-32-23)25(30)29(16-20(34-3)8-5-2)17-21-9-7-13-35-21;1-2(3)4;1-2;/h7-9,11-14,22H,4-6,10,15-18H2,1-3H3,(H2,27,28,31);1H3,(H,3,4);1-2H3;/q;;;+1/p-1/b20-8-;;;. The first-order valence-electron chi connectivity index (χ1n) is 13.9. The van der Waals surface area contributed by atoms with Crippen LogP contribution in [0.3, 0.4) is 0 Å². The van der Waals surface area contributed by atoms with Crippen molar-refractivity contribution < 1.29 is 58.5 Å². The Morgan fingerprint density at radius 1 is 1.17 bits per heavy atom. The molecule has 0 fully saturated rings. The van der Waals surface area contributed by atoms with Gasteiger partial charge in [0.05, 0.1) is 13.1 Å². The van der Waals surface area contributed by atoms with Crippen molar-refractivity contribution in [1.82, 2.24) is 15.5 Å². The second-order valence-corrected chi connectivity index (χ2v) is 10.7. The molecule has 0 saturated carbocycles. The average molecular weight is 630 g/mol. The number of aliphatic carboxylic acids is 1. The van der Waals surface area contributed by atoms with Crippen molar-refractivity contribution >= 4 is 41.0 Å². The third-order valence-corrected chi connectivity index (χ3v) is 7.30. The number of ether oxygens (including phenoxy) is 2. The summed E-state index contributed by atoms with van der Waals surface area (Å²) in [5, 5.41) is 16.7. The number of hydrogen-bond donors (Lipinski definition) is 2. The van der Waals surface area contributed by atoms with Crippen molar-refractivity contribution in [2.75, 3.05) is 19.6 Å². The summed E-state index contributed by atoms with van der Waals surface area (Å²) in [7, 11) is 0. The van der Waals surface area contributed by atoms with Crippen LogP contribution in [0.15, 0.2) is 46.7 Å². The van der Waals surface area contributed by atoms with Gasteiger partial charge >= 0.3 is 35.6 Å². The molecule has 0 radical (unpaired) electrons. The number of carbonyl (C=O) groups is 3. The summed E-state index contributed by atoms with van der Waals surface area (Å²) in [6, 6.07) is 8.67. The number of nitrogens with zero attached hydrogens (tertiary/aromatic N) is 1. The SMILES string of the molecule is CC.CC(=O)[O-].CC/C=C(/CN(Cc1cccs1)C(=O)C(CCCC)NC(=O)NCc1ccc2c(c1)OCO2)SC.[Na+]. The molecule has 9 nitrogen and oxygen atoms in total. The molecule has 1 unspecified atom stereocenters. The van der Waals surface area contributed by atoms with E-state index in [2.05, 4.69) is 30.6 Å². The van der Waals surface area contributed by atoms with Crippen LogP contribution in [0.1, 0.15) is 70.7 Å². The van der Waals surface area contributed by atoms with Gasteiger partial charge in [-0.2, -0.15) is 0 Å². The fourth-order valence-corrected chi connectivity index (χ4v) is 5.10. The van der Waals surface area contributed by atoms with Gasteiger partial charge in [0.1, 0.15) is 6.04 Å². The number of thiophene rings is 1. The quantitative estimate of drug-likeness (QED) is 0.327. The number of hydrogen-bond acceptors (Lipinski definition) is 8. The fourth-order valence-electron chi connectivity index (χ4n) is 3.76. The summed E-state index contributed by atoms with van der Waals surface area (Å²) in [5.41, 5.74) is 0.898. The normalized spacial score (nSPS) is 11.9. The van der Waals surface area contributed by atoms with E-state index in [-0.39, 0.29) is 48.3 Å². The molecule has 0 bridgehead atoms. The van der Waals surface area contributed by atoms with E-state index in [0.29, 0.717) is 37.6 Å². The van der Waals surface area contributed by atoms with E-state index in [1.165, 1.54) is 0 Å². The molecule has 42 heavy (non-hydrogen) atoms. The molecular formula is C30H44N3NaO6S2. The Morgan fingerprint density at radius 3 is 2.45 bits per heavy atom. The van der Waals surface area contributed by atoms with Gasteiger partial charge in [0.25, 0.3) is 0 Å². The van der Waals surface area contributed by atoms with E-state index in [0.717, 1.165) is 41.5 Å². The first-order valence-corrected chi connectivity index (χ1v) is 16.0. The van der Waals surface area contributed by atoms with E-state index < -0.39 is 12.0 Å². The Morgan fingerprint density at radius 2 is 1.86 bits per heavy atom. The minimum atomic E-state index is -1.08. The minimum absolute atomic E-state index is 0. The third kappa shape index (κ3) is 15.3. The van der Waals surface area contributed by atoms with Crippen molar-refractivity contribution in [3.05, 3.63) is 57.1 Å². The van der Waals surface area contributed by atoms with Gasteiger partial charge in [0.2, 0.25) is 12.7 Å². The Balaban J connectivity index is 0.00000221. The number of benzene rings is 1. The van der Waals surface area contributed by atoms with Crippen molar-refractivity contribution in [3.8, 4) is 11.5 Å². The predicted molar refractivity (Wildman–Crippen MR) is 165 cm³/mol. The van der Waals surface area contributed by atoms with Gasteiger partial charge in [-0.1, -0.05) is 58.7 Å². The van der Waals surface area contributed by atoms with Crippen molar-refractivity contribution in [2.45, 2.75) is 79.4 Å². The van der Waals surface area contributed by atoms with Crippen LogP contribution in [-0.2, 0) is 22.7 Å². The molecule has 1 aromatic carbocycles. The monoisotopic (exact) mass is 629 g/mol. The van der Waals surface area contributed by atoms with Crippen molar-refractivity contribution in [2.24, 2.45) is 0 Å². The van der Waals surface area contributed by atoms with Crippen LogP contribution in [0.2, 0.25) is 0 Å². The number of carboxylic acids is 1. The molecule has 2 aromatic rings. The van der Waals surface area contributed by atoms with Crippen LogP contribution in [0, 0.1) is 0 Å². The number of rotatable bonds is 13. The molecule has 12 heteroatoms. The molecule has 3 rings (SSSR count). The van der Waals surface area contributed by atoms with Crippen LogP contribution in [0.5, 0.6) is 11.5 Å². The first-order chi connectivity index (χ1) is 19.8. The molecule has 1 aliphatic rings. The summed E-state index contributed by atoms with van der Waals surface area (Å²) >= 11 is 3.30. The van der Waals surface area contributed by atoms with Gasteiger partial charge in [0.15, 0.2) is 11.5 Å². The molecule has 228 valence electrons. The number of nitrogens with one attached hydrogen (secondary N) is 2. The maximum absolute atomic E-state index is 13.7. The van der Waals surface area contributed by atoms with Crippen molar-refractivity contribution in [1.29, 1.82) is 0 Å². The van der Waals surface area contributed by atoms with Gasteiger partial charge in [-0.25, -0.2) is 4.79 Å². The van der Waals surface area contributed by atoms with Crippen molar-refractivity contribution in [3.63, 3.8) is 0 Å². The van der Waals surface area contributed by atoms with E-state index in [4.69, 9.17) is 19.4 Å². The van der Waals surface area contributed by atoms with E-state index in [9.17, 15) is 9.59 Å². The summed E-state index contributed by atoms with van der Waals surface area (Å²) in [6.45, 7) is 10.8. The summed E-state index contributed by atoms with van der Waals surface area (Å²) in [5.74, 6) is 0.242.